The molecule has 2 aromatic rings. The summed E-state index contributed by atoms with van der Waals surface area (Å²) in [6, 6.07) is 16.4. The van der Waals surface area contributed by atoms with Gasteiger partial charge in [0.2, 0.25) is 0 Å². The molecule has 7 nitrogen and oxygen atoms in total. The zero-order chi connectivity index (χ0) is 19.3. The van der Waals surface area contributed by atoms with E-state index in [1.54, 1.807) is 31.4 Å². The molecule has 0 aromatic heterocycles. The summed E-state index contributed by atoms with van der Waals surface area (Å²) >= 11 is 5.06. The highest BCUT2D eigenvalue weighted by Crippen LogP contribution is 2.17. The zero-order valence-corrected chi connectivity index (χ0v) is 15.9. The fourth-order valence-electron chi connectivity index (χ4n) is 2.10. The Bertz CT molecular complexity index is 728. The van der Waals surface area contributed by atoms with E-state index in [1.807, 2.05) is 30.3 Å². The molecule has 0 unspecified atom stereocenters. The van der Waals surface area contributed by atoms with Crippen LogP contribution in [0.5, 0.6) is 11.5 Å². The van der Waals surface area contributed by atoms with Gasteiger partial charge in [-0.05, 0) is 36.5 Å². The van der Waals surface area contributed by atoms with Crippen molar-refractivity contribution in [2.24, 2.45) is 0 Å². The lowest BCUT2D eigenvalue weighted by Crippen LogP contribution is -2.47. The minimum Gasteiger partial charge on any atom is -0.490 e. The highest BCUT2D eigenvalue weighted by Gasteiger charge is 2.12. The van der Waals surface area contributed by atoms with Crippen molar-refractivity contribution in [2.75, 3.05) is 33.5 Å². The fourth-order valence-corrected chi connectivity index (χ4v) is 2.25. The first-order chi connectivity index (χ1) is 13.2. The van der Waals surface area contributed by atoms with Crippen molar-refractivity contribution in [2.45, 2.75) is 0 Å². The highest BCUT2D eigenvalue weighted by atomic mass is 32.1. The van der Waals surface area contributed by atoms with Crippen molar-refractivity contribution in [3.05, 3.63) is 60.2 Å². The van der Waals surface area contributed by atoms with Crippen LogP contribution in [0.3, 0.4) is 0 Å². The molecular formula is C19H23N3O4S. The summed E-state index contributed by atoms with van der Waals surface area (Å²) in [4.78, 5) is 12.4. The fraction of sp³-hybridized carbons (Fsp3) is 0.263. The lowest BCUT2D eigenvalue weighted by Gasteiger charge is -2.14. The average molecular weight is 389 g/mol. The molecule has 2 rings (SSSR count). The van der Waals surface area contributed by atoms with Crippen molar-refractivity contribution in [3.8, 4) is 11.5 Å². The Morgan fingerprint density at radius 1 is 0.926 bits per heavy atom. The van der Waals surface area contributed by atoms with Crippen molar-refractivity contribution in [3.63, 3.8) is 0 Å². The monoisotopic (exact) mass is 389 g/mol. The number of thiocarbonyl (C=S) groups is 1. The lowest BCUT2D eigenvalue weighted by atomic mass is 10.2. The van der Waals surface area contributed by atoms with Crippen LogP contribution in [-0.4, -0.2) is 44.5 Å². The molecule has 144 valence electrons. The third-order valence-corrected chi connectivity index (χ3v) is 3.61. The Labute approximate surface area is 164 Å². The van der Waals surface area contributed by atoms with E-state index < -0.39 is 0 Å². The van der Waals surface area contributed by atoms with E-state index in [0.717, 1.165) is 5.75 Å². The van der Waals surface area contributed by atoms with Gasteiger partial charge < -0.3 is 19.5 Å². The number of hydrazine groups is 1. The van der Waals surface area contributed by atoms with E-state index in [2.05, 4.69) is 16.2 Å². The van der Waals surface area contributed by atoms with E-state index in [0.29, 0.717) is 42.8 Å². The van der Waals surface area contributed by atoms with Gasteiger partial charge in [-0.25, -0.2) is 0 Å². The molecule has 0 spiro atoms. The molecule has 3 N–H and O–H groups in total. The third-order valence-electron chi connectivity index (χ3n) is 3.37. The maximum absolute atomic E-state index is 12.4. The average Bonchev–Trinajstić information content (AvgIpc) is 2.71. The van der Waals surface area contributed by atoms with Gasteiger partial charge in [0, 0.05) is 13.7 Å². The van der Waals surface area contributed by atoms with E-state index in [-0.39, 0.29) is 5.91 Å². The minimum absolute atomic E-state index is 0.301. The van der Waals surface area contributed by atoms with Crippen molar-refractivity contribution in [1.29, 1.82) is 0 Å². The topological polar surface area (TPSA) is 80.9 Å². The van der Waals surface area contributed by atoms with Crippen LogP contribution in [0, 0.1) is 0 Å². The number of hydrogen-bond donors (Lipinski definition) is 3. The maximum Gasteiger partial charge on any atom is 0.273 e. The Morgan fingerprint density at radius 2 is 1.63 bits per heavy atom. The first kappa shape index (κ1) is 20.5. The predicted octanol–water partition coefficient (Wildman–Crippen LogP) is 1.90. The van der Waals surface area contributed by atoms with Gasteiger partial charge in [-0.2, -0.15) is 0 Å². The zero-order valence-electron chi connectivity index (χ0n) is 15.1. The van der Waals surface area contributed by atoms with E-state index in [4.69, 9.17) is 26.4 Å². The van der Waals surface area contributed by atoms with Crippen LogP contribution in [0.25, 0.3) is 0 Å². The molecule has 0 saturated heterocycles. The SMILES string of the molecule is COCCNC(=S)NNC(=O)c1ccccc1OCCOc1ccccc1. The van der Waals surface area contributed by atoms with Gasteiger partial charge in [0.1, 0.15) is 24.7 Å². The smallest absolute Gasteiger partial charge is 0.273 e. The molecule has 0 bridgehead atoms. The second kappa shape index (κ2) is 11.7. The summed E-state index contributed by atoms with van der Waals surface area (Å²) in [5.41, 5.74) is 5.57. The van der Waals surface area contributed by atoms with Crippen molar-refractivity contribution < 1.29 is 19.0 Å². The van der Waals surface area contributed by atoms with E-state index >= 15 is 0 Å². The van der Waals surface area contributed by atoms with Crippen molar-refractivity contribution in [1.82, 2.24) is 16.2 Å². The van der Waals surface area contributed by atoms with E-state index in [9.17, 15) is 4.79 Å². The molecule has 0 atom stereocenters. The summed E-state index contributed by atoms with van der Waals surface area (Å²) in [6.45, 7) is 1.73. The Kier molecular flexibility index (Phi) is 8.88. The van der Waals surface area contributed by atoms with Gasteiger partial charge in [-0.1, -0.05) is 30.3 Å². The molecule has 2 aromatic carbocycles. The largest absolute Gasteiger partial charge is 0.490 e. The number of hydrogen-bond acceptors (Lipinski definition) is 5. The van der Waals surface area contributed by atoms with Crippen LogP contribution in [-0.2, 0) is 4.74 Å². The number of rotatable bonds is 9. The molecule has 8 heteroatoms. The molecule has 0 aliphatic heterocycles. The number of amides is 1. The van der Waals surface area contributed by atoms with Gasteiger partial charge >= 0.3 is 0 Å². The summed E-state index contributed by atoms with van der Waals surface area (Å²) < 4.78 is 16.2. The number of methoxy groups -OCH3 is 1. The number of carbonyl (C=O) groups is 1. The van der Waals surface area contributed by atoms with Gasteiger partial charge in [0.25, 0.3) is 5.91 Å². The molecule has 0 heterocycles. The van der Waals surface area contributed by atoms with Crippen LogP contribution in [0.15, 0.2) is 54.6 Å². The van der Waals surface area contributed by atoms with Crippen LogP contribution in [0.1, 0.15) is 10.4 Å². The minimum atomic E-state index is -0.356. The molecule has 0 aliphatic carbocycles. The lowest BCUT2D eigenvalue weighted by molar-refractivity contribution is 0.0938. The summed E-state index contributed by atoms with van der Waals surface area (Å²) in [5, 5.41) is 3.20. The second-order valence-electron chi connectivity index (χ2n) is 5.33. The Hall–Kier alpha value is -2.84. The van der Waals surface area contributed by atoms with Gasteiger partial charge in [-0.15, -0.1) is 0 Å². The van der Waals surface area contributed by atoms with Crippen LogP contribution in [0.4, 0.5) is 0 Å². The van der Waals surface area contributed by atoms with E-state index in [1.165, 1.54) is 0 Å². The number of nitrogens with one attached hydrogen (secondary N) is 3. The molecule has 27 heavy (non-hydrogen) atoms. The third kappa shape index (κ3) is 7.51. The summed E-state index contributed by atoms with van der Waals surface area (Å²) in [6.07, 6.45) is 0. The normalized spacial score (nSPS) is 9.96. The Balaban J connectivity index is 1.79. The number of ether oxygens (including phenoxy) is 3. The van der Waals surface area contributed by atoms with Crippen LogP contribution < -0.4 is 25.6 Å². The maximum atomic E-state index is 12.4. The molecule has 0 aliphatic rings. The molecule has 0 saturated carbocycles. The Morgan fingerprint density at radius 3 is 2.41 bits per heavy atom. The van der Waals surface area contributed by atoms with Crippen LogP contribution >= 0.6 is 12.2 Å². The molecule has 1 amide bonds. The second-order valence-corrected chi connectivity index (χ2v) is 5.74. The first-order valence-electron chi connectivity index (χ1n) is 8.43. The van der Waals surface area contributed by atoms with Gasteiger partial charge in [0.05, 0.1) is 12.2 Å². The summed E-state index contributed by atoms with van der Waals surface area (Å²) in [7, 11) is 1.60. The van der Waals surface area contributed by atoms with Gasteiger partial charge in [0.15, 0.2) is 5.11 Å². The summed E-state index contributed by atoms with van der Waals surface area (Å²) in [5.74, 6) is 0.878. The van der Waals surface area contributed by atoms with Crippen LogP contribution in [0.2, 0.25) is 0 Å². The highest BCUT2D eigenvalue weighted by molar-refractivity contribution is 7.80. The first-order valence-corrected chi connectivity index (χ1v) is 8.84. The number of para-hydroxylation sites is 2. The molecule has 0 fully saturated rings. The molecule has 0 radical (unpaired) electrons. The van der Waals surface area contributed by atoms with Crippen molar-refractivity contribution >= 4 is 23.2 Å². The molecular weight excluding hydrogens is 366 g/mol. The number of benzene rings is 2. The number of carbonyl (C=O) groups excluding carboxylic acids is 1. The standard InChI is InChI=1S/C19H23N3O4S/c1-24-12-11-20-19(27)22-21-18(23)16-9-5-6-10-17(16)26-14-13-25-15-7-3-2-4-8-15/h2-10H,11-14H2,1H3,(H,21,23)(H2,20,22,27). The predicted molar refractivity (Wildman–Crippen MR) is 107 cm³/mol. The van der Waals surface area contributed by atoms with Gasteiger partial charge in [-0.3, -0.25) is 15.6 Å². The quantitative estimate of drug-likeness (QED) is 0.343.